The van der Waals surface area contributed by atoms with E-state index >= 15 is 0 Å². The molecule has 0 aromatic heterocycles. The van der Waals surface area contributed by atoms with Crippen LogP contribution >= 0.6 is 0 Å². The van der Waals surface area contributed by atoms with E-state index in [1.807, 2.05) is 0 Å². The minimum atomic E-state index is -4.36. The summed E-state index contributed by atoms with van der Waals surface area (Å²) in [5, 5.41) is 0. The number of alkyl halides is 3. The Labute approximate surface area is 121 Å². The van der Waals surface area contributed by atoms with Crippen molar-refractivity contribution >= 4 is 11.7 Å². The number of rotatable bonds is 7. The van der Waals surface area contributed by atoms with Gasteiger partial charge in [0.05, 0.1) is 25.7 Å². The molecule has 0 N–H and O–H groups in total. The van der Waals surface area contributed by atoms with Crippen molar-refractivity contribution in [2.24, 2.45) is 0 Å². The van der Waals surface area contributed by atoms with E-state index in [-0.39, 0.29) is 12.4 Å². The highest BCUT2D eigenvalue weighted by Gasteiger charge is 2.30. The van der Waals surface area contributed by atoms with Gasteiger partial charge in [0.1, 0.15) is 0 Å². The Morgan fingerprint density at radius 2 is 1.76 bits per heavy atom. The van der Waals surface area contributed by atoms with Crippen LogP contribution in [-0.2, 0) is 20.4 Å². The summed E-state index contributed by atoms with van der Waals surface area (Å²) in [5.41, 5.74) is -0.102. The highest BCUT2D eigenvalue weighted by Crippen LogP contribution is 2.30. The molecule has 0 aliphatic rings. The Morgan fingerprint density at radius 1 is 1.14 bits per heavy atom. The predicted octanol–water partition coefficient (Wildman–Crippen LogP) is 2.72. The van der Waals surface area contributed by atoms with Crippen molar-refractivity contribution < 1.29 is 27.4 Å². The highest BCUT2D eigenvalue weighted by molar-refractivity contribution is 5.70. The zero-order valence-corrected chi connectivity index (χ0v) is 11.9. The Morgan fingerprint density at radius 3 is 2.24 bits per heavy atom. The summed E-state index contributed by atoms with van der Waals surface area (Å²) in [4.78, 5) is 13.0. The first-order chi connectivity index (χ1) is 9.88. The number of hydrogen-bond donors (Lipinski definition) is 0. The zero-order valence-electron chi connectivity index (χ0n) is 11.9. The van der Waals surface area contributed by atoms with Crippen LogP contribution in [0.3, 0.4) is 0 Å². The van der Waals surface area contributed by atoms with E-state index in [9.17, 15) is 18.0 Å². The lowest BCUT2D eigenvalue weighted by molar-refractivity contribution is -0.140. The maximum absolute atomic E-state index is 12.5. The average molecular weight is 305 g/mol. The molecule has 0 atom stereocenters. The number of esters is 1. The van der Waals surface area contributed by atoms with Crippen LogP contribution < -0.4 is 4.90 Å². The lowest BCUT2D eigenvalue weighted by Crippen LogP contribution is -2.30. The van der Waals surface area contributed by atoms with Crippen LogP contribution in [0.25, 0.3) is 0 Å². The van der Waals surface area contributed by atoms with Crippen molar-refractivity contribution in [2.45, 2.75) is 12.6 Å². The molecule has 21 heavy (non-hydrogen) atoms. The van der Waals surface area contributed by atoms with Crippen LogP contribution in [0.2, 0.25) is 0 Å². The summed E-state index contributed by atoms with van der Waals surface area (Å²) < 4.78 is 47.1. The molecule has 0 amide bonds. The van der Waals surface area contributed by atoms with E-state index in [1.165, 1.54) is 26.4 Å². The predicted molar refractivity (Wildman–Crippen MR) is 72.2 cm³/mol. The third-order valence-corrected chi connectivity index (χ3v) is 2.94. The second-order valence-corrected chi connectivity index (χ2v) is 4.35. The summed E-state index contributed by atoms with van der Waals surface area (Å²) in [6, 6.07) is 4.81. The standard InChI is InChI=1S/C14H18F3NO3/c1-20-10-9-18(8-7-13(19)21-2)12-5-3-11(4-6-12)14(15,16)17/h3-6H,7-10H2,1-2H3. The van der Waals surface area contributed by atoms with Gasteiger partial charge < -0.3 is 14.4 Å². The van der Waals surface area contributed by atoms with E-state index in [1.54, 1.807) is 4.90 Å². The van der Waals surface area contributed by atoms with Gasteiger partial charge in [-0.15, -0.1) is 0 Å². The lowest BCUT2D eigenvalue weighted by atomic mass is 10.2. The number of ether oxygens (including phenoxy) is 2. The molecule has 7 heteroatoms. The molecule has 0 fully saturated rings. The van der Waals surface area contributed by atoms with Crippen molar-refractivity contribution in [2.75, 3.05) is 38.8 Å². The van der Waals surface area contributed by atoms with Gasteiger partial charge >= 0.3 is 12.1 Å². The van der Waals surface area contributed by atoms with Crippen LogP contribution in [0.1, 0.15) is 12.0 Å². The van der Waals surface area contributed by atoms with Gasteiger partial charge in [0, 0.05) is 25.9 Å². The fourth-order valence-corrected chi connectivity index (χ4v) is 1.76. The molecule has 0 saturated heterocycles. The first kappa shape index (κ1) is 17.3. The summed E-state index contributed by atoms with van der Waals surface area (Å²) in [6.07, 6.45) is -4.21. The number of carbonyl (C=O) groups is 1. The summed E-state index contributed by atoms with van der Waals surface area (Å²) in [5.74, 6) is -0.371. The number of benzene rings is 1. The first-order valence-corrected chi connectivity index (χ1v) is 6.36. The van der Waals surface area contributed by atoms with Crippen molar-refractivity contribution in [1.29, 1.82) is 0 Å². The van der Waals surface area contributed by atoms with E-state index in [0.717, 1.165) is 12.1 Å². The number of hydrogen-bond acceptors (Lipinski definition) is 4. The van der Waals surface area contributed by atoms with Gasteiger partial charge in [0.15, 0.2) is 0 Å². The van der Waals surface area contributed by atoms with Gasteiger partial charge in [-0.1, -0.05) is 0 Å². The van der Waals surface area contributed by atoms with Crippen LogP contribution in [0, 0.1) is 0 Å². The summed E-state index contributed by atoms with van der Waals surface area (Å²) >= 11 is 0. The maximum atomic E-state index is 12.5. The normalized spacial score (nSPS) is 11.3. The van der Waals surface area contributed by atoms with E-state index in [0.29, 0.717) is 25.4 Å². The monoisotopic (exact) mass is 305 g/mol. The van der Waals surface area contributed by atoms with Crippen molar-refractivity contribution in [3.63, 3.8) is 0 Å². The van der Waals surface area contributed by atoms with Gasteiger partial charge in [-0.3, -0.25) is 4.79 Å². The fourth-order valence-electron chi connectivity index (χ4n) is 1.76. The van der Waals surface area contributed by atoms with E-state index in [2.05, 4.69) is 4.74 Å². The number of halogens is 3. The lowest BCUT2D eigenvalue weighted by Gasteiger charge is -2.24. The minimum Gasteiger partial charge on any atom is -0.469 e. The van der Waals surface area contributed by atoms with Gasteiger partial charge in [-0.05, 0) is 24.3 Å². The van der Waals surface area contributed by atoms with E-state index in [4.69, 9.17) is 4.74 Å². The Balaban J connectivity index is 2.79. The number of nitrogens with zero attached hydrogens (tertiary/aromatic N) is 1. The van der Waals surface area contributed by atoms with Crippen molar-refractivity contribution in [3.8, 4) is 0 Å². The van der Waals surface area contributed by atoms with Crippen molar-refractivity contribution in [3.05, 3.63) is 29.8 Å². The average Bonchev–Trinajstić information content (AvgIpc) is 2.46. The Bertz CT molecular complexity index is 446. The molecule has 1 aromatic carbocycles. The third kappa shape index (κ3) is 5.63. The van der Waals surface area contributed by atoms with Crippen LogP contribution in [0.4, 0.5) is 18.9 Å². The van der Waals surface area contributed by atoms with Crippen LogP contribution in [0.5, 0.6) is 0 Å². The zero-order chi connectivity index (χ0) is 15.9. The molecule has 0 unspecified atom stereocenters. The number of carbonyl (C=O) groups excluding carboxylic acids is 1. The van der Waals surface area contributed by atoms with Gasteiger partial charge in [0.2, 0.25) is 0 Å². The first-order valence-electron chi connectivity index (χ1n) is 6.36. The Kier molecular flexibility index (Phi) is 6.48. The molecule has 0 aliphatic heterocycles. The minimum absolute atomic E-state index is 0.154. The highest BCUT2D eigenvalue weighted by atomic mass is 19.4. The number of anilines is 1. The largest absolute Gasteiger partial charge is 0.469 e. The SMILES string of the molecule is COCCN(CCC(=O)OC)c1ccc(C(F)(F)F)cc1. The third-order valence-electron chi connectivity index (χ3n) is 2.94. The molecule has 0 radical (unpaired) electrons. The number of methoxy groups -OCH3 is 2. The molecule has 0 bridgehead atoms. The van der Waals surface area contributed by atoms with E-state index < -0.39 is 11.7 Å². The molecule has 118 valence electrons. The maximum Gasteiger partial charge on any atom is 0.416 e. The fraction of sp³-hybridized carbons (Fsp3) is 0.500. The van der Waals surface area contributed by atoms with Gasteiger partial charge in [-0.25, -0.2) is 0 Å². The second-order valence-electron chi connectivity index (χ2n) is 4.35. The molecule has 1 aromatic rings. The summed E-state index contributed by atoms with van der Waals surface area (Å²) in [7, 11) is 2.82. The molecule has 4 nitrogen and oxygen atoms in total. The second kappa shape index (κ2) is 7.87. The molecule has 0 aliphatic carbocycles. The van der Waals surface area contributed by atoms with Crippen LogP contribution in [-0.4, -0.2) is 39.9 Å². The van der Waals surface area contributed by atoms with Gasteiger partial charge in [0.25, 0.3) is 0 Å². The van der Waals surface area contributed by atoms with Crippen LogP contribution in [0.15, 0.2) is 24.3 Å². The molecule has 1 rings (SSSR count). The van der Waals surface area contributed by atoms with Crippen molar-refractivity contribution in [1.82, 2.24) is 0 Å². The summed E-state index contributed by atoms with van der Waals surface area (Å²) in [6.45, 7) is 1.22. The molecular formula is C14H18F3NO3. The molecule has 0 heterocycles. The molecule has 0 spiro atoms. The molecule has 0 saturated carbocycles. The smallest absolute Gasteiger partial charge is 0.416 e. The topological polar surface area (TPSA) is 38.8 Å². The molecular weight excluding hydrogens is 287 g/mol. The van der Waals surface area contributed by atoms with Gasteiger partial charge in [-0.2, -0.15) is 13.2 Å². The Hall–Kier alpha value is -1.76. The quantitative estimate of drug-likeness (QED) is 0.726.